The molecule has 184 valence electrons. The summed E-state index contributed by atoms with van der Waals surface area (Å²) in [6.07, 6.45) is 3.04. The quantitative estimate of drug-likeness (QED) is 0.491. The molecular formula is C23H32F2N2O5S. The Balaban J connectivity index is 1.32. The predicted octanol–water partition coefficient (Wildman–Crippen LogP) is 3.56. The van der Waals surface area contributed by atoms with Gasteiger partial charge in [-0.2, -0.15) is 4.31 Å². The number of hydrogen-bond donors (Lipinski definition) is 2. The van der Waals surface area contributed by atoms with Gasteiger partial charge in [-0.05, 0) is 76.6 Å². The fourth-order valence-electron chi connectivity index (χ4n) is 5.14. The minimum absolute atomic E-state index is 0.0173. The van der Waals surface area contributed by atoms with Gasteiger partial charge >= 0.3 is 5.97 Å². The molecule has 3 fully saturated rings. The van der Waals surface area contributed by atoms with E-state index < -0.39 is 33.4 Å². The predicted molar refractivity (Wildman–Crippen MR) is 118 cm³/mol. The molecule has 2 saturated carbocycles. The molecule has 1 aromatic carbocycles. The topological polar surface area (TPSA) is 95.9 Å². The summed E-state index contributed by atoms with van der Waals surface area (Å²) in [5, 5.41) is 12.7. The molecule has 7 nitrogen and oxygen atoms in total. The Morgan fingerprint density at radius 3 is 2.70 bits per heavy atom. The van der Waals surface area contributed by atoms with Crippen LogP contribution in [0.25, 0.3) is 0 Å². The van der Waals surface area contributed by atoms with Gasteiger partial charge in [-0.15, -0.1) is 0 Å². The van der Waals surface area contributed by atoms with Crippen molar-refractivity contribution in [3.63, 3.8) is 0 Å². The van der Waals surface area contributed by atoms with E-state index >= 15 is 0 Å². The normalized spacial score (nSPS) is 29.6. The van der Waals surface area contributed by atoms with Crippen LogP contribution < -0.4 is 10.1 Å². The Morgan fingerprint density at radius 1 is 1.36 bits per heavy atom. The fraction of sp³-hybridized carbons (Fsp3) is 0.696. The van der Waals surface area contributed by atoms with Crippen molar-refractivity contribution in [2.24, 2.45) is 5.41 Å². The highest BCUT2D eigenvalue weighted by Gasteiger charge is 2.75. The van der Waals surface area contributed by atoms with Crippen LogP contribution >= 0.6 is 0 Å². The molecule has 2 atom stereocenters. The van der Waals surface area contributed by atoms with Gasteiger partial charge in [0.15, 0.2) is 0 Å². The number of aliphatic carboxylic acids is 1. The highest BCUT2D eigenvalue weighted by Crippen LogP contribution is 2.70. The van der Waals surface area contributed by atoms with Gasteiger partial charge in [0.2, 0.25) is 10.0 Å². The van der Waals surface area contributed by atoms with Gasteiger partial charge in [0.25, 0.3) is 5.92 Å². The van der Waals surface area contributed by atoms with Gasteiger partial charge in [0.05, 0.1) is 6.10 Å². The van der Waals surface area contributed by atoms with E-state index in [0.29, 0.717) is 38.6 Å². The van der Waals surface area contributed by atoms with Gasteiger partial charge in [0, 0.05) is 24.4 Å². The number of hydrogen-bond acceptors (Lipinski definition) is 5. The zero-order valence-corrected chi connectivity index (χ0v) is 19.8. The number of aryl methyl sites for hydroxylation is 1. The Hall–Kier alpha value is -1.78. The molecular weight excluding hydrogens is 454 g/mol. The van der Waals surface area contributed by atoms with Crippen LogP contribution in [0.1, 0.15) is 57.4 Å². The summed E-state index contributed by atoms with van der Waals surface area (Å²) in [6, 6.07) is 3.90. The van der Waals surface area contributed by atoms with Crippen molar-refractivity contribution >= 4 is 16.0 Å². The maximum absolute atomic E-state index is 13.3. The summed E-state index contributed by atoms with van der Waals surface area (Å²) in [5.74, 6) is -3.39. The lowest BCUT2D eigenvalue weighted by Gasteiger charge is -2.36. The lowest BCUT2D eigenvalue weighted by molar-refractivity contribution is -0.140. The molecule has 0 aromatic heterocycles. The van der Waals surface area contributed by atoms with Gasteiger partial charge in [-0.1, -0.05) is 6.07 Å². The van der Waals surface area contributed by atoms with Crippen molar-refractivity contribution in [2.75, 3.05) is 13.1 Å². The first-order valence-electron chi connectivity index (χ1n) is 11.6. The zero-order valence-electron chi connectivity index (χ0n) is 19.0. The molecule has 0 radical (unpaired) electrons. The number of rotatable bonds is 10. The fourth-order valence-corrected chi connectivity index (χ4v) is 6.90. The van der Waals surface area contributed by atoms with E-state index in [1.165, 1.54) is 6.07 Å². The van der Waals surface area contributed by atoms with Crippen LogP contribution in [-0.2, 0) is 14.8 Å². The number of carboxylic acid groups (broad SMARTS) is 1. The molecule has 1 spiro atoms. The molecule has 0 amide bonds. The molecule has 1 heterocycles. The van der Waals surface area contributed by atoms with Crippen LogP contribution in [0.4, 0.5) is 8.78 Å². The van der Waals surface area contributed by atoms with Gasteiger partial charge in [-0.3, -0.25) is 4.79 Å². The smallest absolute Gasteiger partial charge is 0.322 e. The maximum atomic E-state index is 13.3. The average molecular weight is 487 g/mol. The molecule has 2 N–H and O–H groups in total. The Labute approximate surface area is 193 Å². The van der Waals surface area contributed by atoms with Crippen LogP contribution in [0.5, 0.6) is 5.75 Å². The maximum Gasteiger partial charge on any atom is 0.322 e. The summed E-state index contributed by atoms with van der Waals surface area (Å²) in [7, 11) is -4.02. The van der Waals surface area contributed by atoms with Crippen LogP contribution in [0.3, 0.4) is 0 Å². The molecule has 0 bridgehead atoms. The molecule has 33 heavy (non-hydrogen) atoms. The Morgan fingerprint density at radius 2 is 2.06 bits per heavy atom. The molecule has 1 saturated heterocycles. The van der Waals surface area contributed by atoms with E-state index in [1.54, 1.807) is 12.1 Å². The van der Waals surface area contributed by atoms with Gasteiger partial charge < -0.3 is 15.2 Å². The van der Waals surface area contributed by atoms with Gasteiger partial charge in [-0.25, -0.2) is 17.2 Å². The number of ether oxygens (including phenoxy) is 1. The lowest BCUT2D eigenvalue weighted by atomic mass is 9.76. The van der Waals surface area contributed by atoms with Crippen LogP contribution in [0.15, 0.2) is 23.1 Å². The van der Waals surface area contributed by atoms with Crippen molar-refractivity contribution in [2.45, 2.75) is 87.8 Å². The number of alkyl halides is 2. The first kappa shape index (κ1) is 24.3. The van der Waals surface area contributed by atoms with Gasteiger partial charge in [0.1, 0.15) is 16.7 Å². The second kappa shape index (κ2) is 8.78. The summed E-state index contributed by atoms with van der Waals surface area (Å²) in [6.45, 7) is 4.55. The minimum atomic E-state index is -4.02. The molecule has 3 aliphatic rings. The Kier molecular flexibility index (Phi) is 6.48. The number of sulfonamides is 1. The molecule has 10 heteroatoms. The molecule has 1 aromatic rings. The largest absolute Gasteiger partial charge is 0.489 e. The summed E-state index contributed by atoms with van der Waals surface area (Å²) in [4.78, 5) is 11.5. The van der Waals surface area contributed by atoms with Crippen molar-refractivity contribution < 1.29 is 31.8 Å². The summed E-state index contributed by atoms with van der Waals surface area (Å²) >= 11 is 0. The second-order valence-corrected chi connectivity index (χ2v) is 11.7. The third-order valence-corrected chi connectivity index (χ3v) is 9.16. The first-order valence-corrected chi connectivity index (χ1v) is 13.0. The molecule has 4 rings (SSSR count). The van der Waals surface area contributed by atoms with E-state index in [2.05, 4.69) is 5.32 Å². The summed E-state index contributed by atoms with van der Waals surface area (Å²) in [5.41, 5.74) is 0.105. The third kappa shape index (κ3) is 4.74. The lowest BCUT2D eigenvalue weighted by Crippen LogP contribution is -2.45. The standard InChI is InChI=1S/C23H32F2N2O5S/c1-15-7-8-20(33(30,31)27-10-4-6-18(27)21(28)29)19(11-15)32-16(2)5-3-9-26-17-12-22(13-17)14-23(22,24)25/h7-8,11,16-18,26H,3-6,9-10,12-14H2,1-2H3,(H,28,29)/t16-,17?,18+,22?/m1/s1. The zero-order chi connectivity index (χ0) is 24.0. The Bertz CT molecular complexity index is 1010. The average Bonchev–Trinajstić information content (AvgIpc) is 3.04. The SMILES string of the molecule is Cc1ccc(S(=O)(=O)N2CCC[C@H]2C(=O)O)c(O[C@H](C)CCCNC2CC3(C2)CC3(F)F)c1. The second-order valence-electron chi connectivity index (χ2n) is 9.85. The van der Waals surface area contributed by atoms with Crippen LogP contribution in [0.2, 0.25) is 0 Å². The van der Waals surface area contributed by atoms with Crippen molar-refractivity contribution in [3.8, 4) is 5.75 Å². The van der Waals surface area contributed by atoms with Crippen molar-refractivity contribution in [3.05, 3.63) is 23.8 Å². The van der Waals surface area contributed by atoms with Crippen LogP contribution in [0, 0.1) is 12.3 Å². The molecule has 0 unspecified atom stereocenters. The van der Waals surface area contributed by atoms with E-state index in [1.807, 2.05) is 13.8 Å². The van der Waals surface area contributed by atoms with E-state index in [-0.39, 0.29) is 35.8 Å². The number of nitrogens with zero attached hydrogens (tertiary/aromatic N) is 1. The molecule has 1 aliphatic heterocycles. The van der Waals surface area contributed by atoms with E-state index in [0.717, 1.165) is 16.3 Å². The van der Waals surface area contributed by atoms with Crippen molar-refractivity contribution in [1.29, 1.82) is 0 Å². The third-order valence-electron chi connectivity index (χ3n) is 7.21. The number of carbonyl (C=O) groups is 1. The van der Waals surface area contributed by atoms with E-state index in [4.69, 9.17) is 4.74 Å². The highest BCUT2D eigenvalue weighted by atomic mass is 32.2. The highest BCUT2D eigenvalue weighted by molar-refractivity contribution is 7.89. The summed E-state index contributed by atoms with van der Waals surface area (Å²) < 4.78 is 60.2. The van der Waals surface area contributed by atoms with Crippen LogP contribution in [-0.4, -0.2) is 61.0 Å². The number of carboxylic acids is 1. The first-order chi connectivity index (χ1) is 15.4. The number of nitrogens with one attached hydrogen (secondary N) is 1. The monoisotopic (exact) mass is 486 g/mol. The minimum Gasteiger partial charge on any atom is -0.489 e. The van der Waals surface area contributed by atoms with E-state index in [9.17, 15) is 27.1 Å². The number of halogens is 2. The van der Waals surface area contributed by atoms with Crippen molar-refractivity contribution in [1.82, 2.24) is 9.62 Å². The molecule has 2 aliphatic carbocycles. The number of benzene rings is 1.